The fourth-order valence-corrected chi connectivity index (χ4v) is 6.84. The van der Waals surface area contributed by atoms with Crippen molar-refractivity contribution in [1.82, 2.24) is 9.80 Å². The Hall–Kier alpha value is -1.58. The predicted molar refractivity (Wildman–Crippen MR) is 122 cm³/mol. The molecule has 7 nitrogen and oxygen atoms in total. The minimum atomic E-state index is -3.60. The molecule has 170 valence electrons. The quantitative estimate of drug-likeness (QED) is 0.720. The summed E-state index contributed by atoms with van der Waals surface area (Å²) in [5, 5.41) is 2.56. The maximum atomic E-state index is 12.8. The predicted octanol–water partition coefficient (Wildman–Crippen LogP) is 2.76. The third kappa shape index (κ3) is 5.26. The molecule has 1 aromatic carbocycles. The van der Waals surface area contributed by atoms with E-state index >= 15 is 0 Å². The molecule has 0 bridgehead atoms. The second kappa shape index (κ2) is 9.50. The van der Waals surface area contributed by atoms with Crippen LogP contribution in [0.5, 0.6) is 0 Å². The summed E-state index contributed by atoms with van der Waals surface area (Å²) in [6, 6.07) is 5.46. The molecule has 0 radical (unpaired) electrons. The van der Waals surface area contributed by atoms with E-state index in [-0.39, 0.29) is 34.1 Å². The summed E-state index contributed by atoms with van der Waals surface area (Å²) in [4.78, 5) is 29.9. The van der Waals surface area contributed by atoms with Crippen molar-refractivity contribution in [2.45, 2.75) is 66.5 Å². The van der Waals surface area contributed by atoms with Gasteiger partial charge in [0.25, 0.3) is 0 Å². The topological polar surface area (TPSA) is 86.8 Å². The number of carbonyl (C=O) groups is 2. The van der Waals surface area contributed by atoms with E-state index in [4.69, 9.17) is 0 Å². The largest absolute Gasteiger partial charge is 0.340 e. The van der Waals surface area contributed by atoms with E-state index in [0.717, 1.165) is 18.0 Å². The lowest BCUT2D eigenvalue weighted by Crippen LogP contribution is -2.52. The molecular weight excluding hydrogens is 434 g/mol. The molecule has 0 spiro atoms. The summed E-state index contributed by atoms with van der Waals surface area (Å²) in [5.41, 5.74) is 0.527. The second-order valence-electron chi connectivity index (χ2n) is 8.68. The summed E-state index contributed by atoms with van der Waals surface area (Å²) in [6.45, 7) is 4.92. The van der Waals surface area contributed by atoms with Gasteiger partial charge in [-0.2, -0.15) is 0 Å². The Kier molecular flexibility index (Phi) is 6.93. The third-order valence-corrected chi connectivity index (χ3v) is 9.48. The number of thioether (sulfide) groups is 1. The van der Waals surface area contributed by atoms with E-state index < -0.39 is 9.84 Å². The van der Waals surface area contributed by atoms with Crippen LogP contribution in [0.4, 0.5) is 5.69 Å². The summed E-state index contributed by atoms with van der Waals surface area (Å²) in [5.74, 6) is -0.442. The Bertz CT molecular complexity index is 936. The standard InChI is InChI=1S/C22H31N3O4S2/c1-16-22(27)23-19-15-18(7-8-20(19)30-16)31(28,29)14-9-21(26)25-12-10-24(11-13-25)17-5-3-2-4-6-17/h7-8,15-17H,2-6,9-14H2,1H3,(H,23,27)/t16-/m0/s1. The Labute approximate surface area is 188 Å². The first-order valence-corrected chi connectivity index (χ1v) is 13.7. The van der Waals surface area contributed by atoms with Crippen molar-refractivity contribution in [2.75, 3.05) is 37.2 Å². The Morgan fingerprint density at radius 1 is 1.13 bits per heavy atom. The maximum Gasteiger partial charge on any atom is 0.237 e. The van der Waals surface area contributed by atoms with Crippen molar-refractivity contribution in [2.24, 2.45) is 0 Å². The maximum absolute atomic E-state index is 12.8. The summed E-state index contributed by atoms with van der Waals surface area (Å²) in [7, 11) is -3.60. The van der Waals surface area contributed by atoms with Gasteiger partial charge in [0, 0.05) is 43.5 Å². The molecule has 31 heavy (non-hydrogen) atoms. The number of sulfone groups is 1. The average Bonchev–Trinajstić information content (AvgIpc) is 2.78. The molecule has 1 aliphatic carbocycles. The normalized spacial score (nSPS) is 23.3. The second-order valence-corrected chi connectivity index (χ2v) is 12.2. The zero-order chi connectivity index (χ0) is 22.0. The lowest BCUT2D eigenvalue weighted by molar-refractivity contribution is -0.133. The van der Waals surface area contributed by atoms with Crippen molar-refractivity contribution in [3.63, 3.8) is 0 Å². The molecular formula is C22H31N3O4S2. The van der Waals surface area contributed by atoms with E-state index in [1.165, 1.54) is 49.9 Å². The van der Waals surface area contributed by atoms with E-state index in [1.807, 2.05) is 6.92 Å². The zero-order valence-electron chi connectivity index (χ0n) is 18.0. The number of nitrogens with zero attached hydrogens (tertiary/aromatic N) is 2. The fourth-order valence-electron chi connectivity index (χ4n) is 4.66. The molecule has 0 aromatic heterocycles. The van der Waals surface area contributed by atoms with E-state index in [0.29, 0.717) is 24.8 Å². The van der Waals surface area contributed by atoms with Crippen molar-refractivity contribution in [1.29, 1.82) is 0 Å². The molecule has 2 amide bonds. The summed E-state index contributed by atoms with van der Waals surface area (Å²) in [6.07, 6.45) is 6.42. The van der Waals surface area contributed by atoms with E-state index in [1.54, 1.807) is 17.0 Å². The number of fused-ring (bicyclic) bond motifs is 1. The molecule has 0 unspecified atom stereocenters. The summed E-state index contributed by atoms with van der Waals surface area (Å²) >= 11 is 1.41. The first-order valence-electron chi connectivity index (χ1n) is 11.2. The Morgan fingerprint density at radius 3 is 2.55 bits per heavy atom. The van der Waals surface area contributed by atoms with Crippen molar-refractivity contribution >= 4 is 39.1 Å². The van der Waals surface area contributed by atoms with Crippen LogP contribution in [0.2, 0.25) is 0 Å². The van der Waals surface area contributed by atoms with Gasteiger partial charge in [-0.05, 0) is 38.0 Å². The molecule has 4 rings (SSSR count). The highest BCUT2D eigenvalue weighted by atomic mass is 32.2. The summed E-state index contributed by atoms with van der Waals surface area (Å²) < 4.78 is 25.6. The molecule has 1 saturated heterocycles. The number of amides is 2. The van der Waals surface area contributed by atoms with Crippen LogP contribution < -0.4 is 5.32 Å². The molecule has 3 aliphatic rings. The van der Waals surface area contributed by atoms with Gasteiger partial charge < -0.3 is 10.2 Å². The van der Waals surface area contributed by atoms with Gasteiger partial charge in [-0.25, -0.2) is 8.42 Å². The van der Waals surface area contributed by atoms with E-state index in [9.17, 15) is 18.0 Å². The molecule has 2 heterocycles. The van der Waals surface area contributed by atoms with Crippen molar-refractivity contribution < 1.29 is 18.0 Å². The van der Waals surface area contributed by atoms with Gasteiger partial charge in [-0.1, -0.05) is 19.3 Å². The van der Waals surface area contributed by atoms with Gasteiger partial charge in [0.05, 0.1) is 21.6 Å². The van der Waals surface area contributed by atoms with Gasteiger partial charge in [-0.15, -0.1) is 11.8 Å². The van der Waals surface area contributed by atoms with Crippen LogP contribution in [0.15, 0.2) is 28.0 Å². The molecule has 2 aliphatic heterocycles. The first kappa shape index (κ1) is 22.6. The van der Waals surface area contributed by atoms with Crippen LogP contribution in [0, 0.1) is 0 Å². The van der Waals surface area contributed by atoms with Crippen LogP contribution in [0.3, 0.4) is 0 Å². The van der Waals surface area contributed by atoms with Crippen LogP contribution in [-0.2, 0) is 19.4 Å². The van der Waals surface area contributed by atoms with Crippen molar-refractivity contribution in [3.8, 4) is 0 Å². The van der Waals surface area contributed by atoms with Crippen LogP contribution >= 0.6 is 11.8 Å². The number of rotatable bonds is 5. The molecule has 1 aromatic rings. The fraction of sp³-hybridized carbons (Fsp3) is 0.636. The molecule has 2 fully saturated rings. The Morgan fingerprint density at radius 2 is 1.84 bits per heavy atom. The lowest BCUT2D eigenvalue weighted by atomic mass is 9.94. The van der Waals surface area contributed by atoms with Gasteiger partial charge in [0.1, 0.15) is 0 Å². The SMILES string of the molecule is C[C@@H]1Sc2ccc(S(=O)(=O)CCC(=O)N3CCN(C4CCCCC4)CC3)cc2NC1=O. The highest BCUT2D eigenvalue weighted by molar-refractivity contribution is 8.01. The number of piperazine rings is 1. The number of hydrogen-bond donors (Lipinski definition) is 1. The molecule has 9 heteroatoms. The van der Waals surface area contributed by atoms with Gasteiger partial charge >= 0.3 is 0 Å². The van der Waals surface area contributed by atoms with E-state index in [2.05, 4.69) is 10.2 Å². The first-order chi connectivity index (χ1) is 14.8. The van der Waals surface area contributed by atoms with Crippen LogP contribution in [-0.4, -0.2) is 73.3 Å². The van der Waals surface area contributed by atoms with Gasteiger partial charge in [-0.3, -0.25) is 14.5 Å². The highest BCUT2D eigenvalue weighted by Crippen LogP contribution is 2.37. The highest BCUT2D eigenvalue weighted by Gasteiger charge is 2.29. The van der Waals surface area contributed by atoms with Crippen LogP contribution in [0.25, 0.3) is 0 Å². The average molecular weight is 466 g/mol. The molecule has 1 N–H and O–H groups in total. The number of carbonyl (C=O) groups excluding carboxylic acids is 2. The smallest absolute Gasteiger partial charge is 0.237 e. The lowest BCUT2D eigenvalue weighted by Gasteiger charge is -2.40. The third-order valence-electron chi connectivity index (χ3n) is 6.58. The molecule has 1 saturated carbocycles. The molecule has 1 atom stereocenters. The zero-order valence-corrected chi connectivity index (χ0v) is 19.6. The van der Waals surface area contributed by atoms with Gasteiger partial charge in [0.15, 0.2) is 9.84 Å². The number of hydrogen-bond acceptors (Lipinski definition) is 6. The van der Waals surface area contributed by atoms with Gasteiger partial charge in [0.2, 0.25) is 11.8 Å². The van der Waals surface area contributed by atoms with Crippen LogP contribution in [0.1, 0.15) is 45.4 Å². The minimum absolute atomic E-state index is 0.0129. The Balaban J connectivity index is 1.31. The number of anilines is 1. The van der Waals surface area contributed by atoms with Crippen molar-refractivity contribution in [3.05, 3.63) is 18.2 Å². The number of nitrogens with one attached hydrogen (secondary N) is 1. The minimum Gasteiger partial charge on any atom is -0.340 e. The number of benzene rings is 1. The monoisotopic (exact) mass is 465 g/mol.